The van der Waals surface area contributed by atoms with E-state index in [0.29, 0.717) is 5.39 Å². The molecule has 0 aromatic heterocycles. The summed E-state index contributed by atoms with van der Waals surface area (Å²) in [5.74, 6) is 0.668. The van der Waals surface area contributed by atoms with Gasteiger partial charge in [-0.15, -0.1) is 0 Å². The molecule has 3 nitrogen and oxygen atoms in total. The monoisotopic (exact) mass is 376 g/mol. The van der Waals surface area contributed by atoms with Crippen LogP contribution in [-0.2, 0) is 10.1 Å². The average Bonchev–Trinajstić information content (AvgIpc) is 2.49. The fourth-order valence-corrected chi connectivity index (χ4v) is 5.23. The minimum atomic E-state index is -4.35. The van der Waals surface area contributed by atoms with E-state index < -0.39 is 10.1 Å². The second kappa shape index (κ2) is 7.32. The van der Waals surface area contributed by atoms with Crippen molar-refractivity contribution >= 4 is 20.9 Å². The van der Waals surface area contributed by atoms with E-state index in [1.54, 1.807) is 0 Å². The van der Waals surface area contributed by atoms with Gasteiger partial charge >= 0.3 is 0 Å². The van der Waals surface area contributed by atoms with Crippen LogP contribution in [0.25, 0.3) is 10.8 Å². The average molecular weight is 377 g/mol. The first kappa shape index (κ1) is 20.9. The molecule has 1 N–H and O–H groups in total. The highest BCUT2D eigenvalue weighted by molar-refractivity contribution is 7.86. The summed E-state index contributed by atoms with van der Waals surface area (Å²) in [6.07, 6.45) is 0. The molecule has 0 amide bonds. The molecule has 4 heteroatoms. The van der Waals surface area contributed by atoms with Crippen LogP contribution in [0.3, 0.4) is 0 Å². The van der Waals surface area contributed by atoms with Gasteiger partial charge in [-0.1, -0.05) is 73.6 Å². The zero-order valence-electron chi connectivity index (χ0n) is 17.2. The SMILES string of the molecule is CC(C)c1c(C(C)C)c(C(C)C)c2c(C(C)C)cccc2c1S(=O)(=O)O. The zero-order valence-corrected chi connectivity index (χ0v) is 18.0. The summed E-state index contributed by atoms with van der Waals surface area (Å²) in [6, 6.07) is 5.81. The summed E-state index contributed by atoms with van der Waals surface area (Å²) in [5, 5.41) is 1.65. The lowest BCUT2D eigenvalue weighted by molar-refractivity contribution is 0.482. The Hall–Kier alpha value is -1.39. The second-order valence-corrected chi connectivity index (χ2v) is 9.79. The van der Waals surface area contributed by atoms with Crippen LogP contribution in [0.5, 0.6) is 0 Å². The van der Waals surface area contributed by atoms with Gasteiger partial charge in [-0.25, -0.2) is 0 Å². The lowest BCUT2D eigenvalue weighted by Gasteiger charge is -2.29. The molecule has 0 heterocycles. The van der Waals surface area contributed by atoms with Crippen molar-refractivity contribution in [1.29, 1.82) is 0 Å². The van der Waals surface area contributed by atoms with Crippen LogP contribution in [0.15, 0.2) is 23.1 Å². The van der Waals surface area contributed by atoms with Gasteiger partial charge in [-0.3, -0.25) is 4.55 Å². The quantitative estimate of drug-likeness (QED) is 0.600. The Balaban J connectivity index is 3.34. The van der Waals surface area contributed by atoms with E-state index in [1.165, 1.54) is 5.56 Å². The smallest absolute Gasteiger partial charge is 0.282 e. The number of fused-ring (bicyclic) bond motifs is 1. The maximum absolute atomic E-state index is 12.5. The molecule has 0 spiro atoms. The predicted molar refractivity (Wildman–Crippen MR) is 110 cm³/mol. The van der Waals surface area contributed by atoms with Crippen LogP contribution in [0.2, 0.25) is 0 Å². The largest absolute Gasteiger partial charge is 0.295 e. The molecule has 0 saturated heterocycles. The third-order valence-corrected chi connectivity index (χ3v) is 6.00. The fraction of sp³-hybridized carbons (Fsp3) is 0.545. The van der Waals surface area contributed by atoms with E-state index in [4.69, 9.17) is 0 Å². The fourth-order valence-electron chi connectivity index (χ4n) is 4.16. The van der Waals surface area contributed by atoms with Crippen LogP contribution >= 0.6 is 0 Å². The maximum atomic E-state index is 12.5. The molecular weight excluding hydrogens is 344 g/mol. The topological polar surface area (TPSA) is 54.4 Å². The van der Waals surface area contributed by atoms with Gasteiger partial charge in [0.25, 0.3) is 10.1 Å². The standard InChI is InChI=1S/C22H32O3S/c1-12(2)16-10-9-11-17-21(16)19(14(5)6)18(13(3)4)20(15(7)8)22(17)26(23,24)25/h9-15H,1-8H3,(H,23,24,25). The lowest BCUT2D eigenvalue weighted by Crippen LogP contribution is -2.15. The summed E-state index contributed by atoms with van der Waals surface area (Å²) in [6.45, 7) is 16.8. The van der Waals surface area contributed by atoms with E-state index >= 15 is 0 Å². The van der Waals surface area contributed by atoms with Gasteiger partial charge < -0.3 is 0 Å². The molecule has 0 aliphatic carbocycles. The lowest BCUT2D eigenvalue weighted by atomic mass is 9.78. The first-order chi connectivity index (χ1) is 11.9. The molecule has 2 aromatic rings. The van der Waals surface area contributed by atoms with Crippen molar-refractivity contribution in [2.75, 3.05) is 0 Å². The molecule has 0 atom stereocenters. The van der Waals surface area contributed by atoms with Gasteiger partial charge in [0.2, 0.25) is 0 Å². The van der Waals surface area contributed by atoms with Crippen molar-refractivity contribution in [1.82, 2.24) is 0 Å². The van der Waals surface area contributed by atoms with Crippen molar-refractivity contribution in [2.24, 2.45) is 0 Å². The third-order valence-electron chi connectivity index (χ3n) is 5.05. The number of rotatable bonds is 5. The van der Waals surface area contributed by atoms with Gasteiger partial charge in [0, 0.05) is 5.39 Å². The maximum Gasteiger partial charge on any atom is 0.295 e. The minimum Gasteiger partial charge on any atom is -0.282 e. The summed E-state index contributed by atoms with van der Waals surface area (Å²) >= 11 is 0. The molecule has 26 heavy (non-hydrogen) atoms. The normalized spacial score (nSPS) is 13.0. The molecule has 2 aromatic carbocycles. The van der Waals surface area contributed by atoms with E-state index in [2.05, 4.69) is 47.6 Å². The number of hydrogen-bond acceptors (Lipinski definition) is 2. The van der Waals surface area contributed by atoms with Crippen LogP contribution in [0.4, 0.5) is 0 Å². The highest BCUT2D eigenvalue weighted by Gasteiger charge is 2.30. The highest BCUT2D eigenvalue weighted by atomic mass is 32.2. The third kappa shape index (κ3) is 3.54. The first-order valence-electron chi connectivity index (χ1n) is 9.49. The van der Waals surface area contributed by atoms with Crippen LogP contribution in [0.1, 0.15) is 101 Å². The van der Waals surface area contributed by atoms with Gasteiger partial charge in [0.15, 0.2) is 0 Å². The Morgan fingerprint density at radius 2 is 1.23 bits per heavy atom. The Morgan fingerprint density at radius 3 is 1.62 bits per heavy atom. The predicted octanol–water partition coefficient (Wildman–Crippen LogP) is 6.58. The molecule has 0 saturated carbocycles. The van der Waals surface area contributed by atoms with Gasteiger partial charge in [-0.2, -0.15) is 8.42 Å². The second-order valence-electron chi connectivity index (χ2n) is 8.43. The van der Waals surface area contributed by atoms with E-state index in [1.807, 2.05) is 26.0 Å². The first-order valence-corrected chi connectivity index (χ1v) is 10.9. The summed E-state index contributed by atoms with van der Waals surface area (Å²) in [5.41, 5.74) is 4.19. The molecule has 0 unspecified atom stereocenters. The van der Waals surface area contributed by atoms with Gasteiger partial charge in [0.1, 0.15) is 4.90 Å². The van der Waals surface area contributed by atoms with Gasteiger partial charge in [0.05, 0.1) is 0 Å². The van der Waals surface area contributed by atoms with Crippen molar-refractivity contribution in [3.8, 4) is 0 Å². The molecular formula is C22H32O3S. The van der Waals surface area contributed by atoms with Crippen molar-refractivity contribution in [2.45, 2.75) is 84.0 Å². The zero-order chi connectivity index (χ0) is 20.0. The van der Waals surface area contributed by atoms with Crippen LogP contribution < -0.4 is 0 Å². The summed E-state index contributed by atoms with van der Waals surface area (Å²) in [4.78, 5) is 0.0955. The minimum absolute atomic E-state index is 0.00562. The molecule has 0 fully saturated rings. The Labute approximate surface area is 158 Å². The summed E-state index contributed by atoms with van der Waals surface area (Å²) in [7, 11) is -4.35. The van der Waals surface area contributed by atoms with Crippen molar-refractivity contribution < 1.29 is 13.0 Å². The molecule has 144 valence electrons. The highest BCUT2D eigenvalue weighted by Crippen LogP contribution is 2.45. The van der Waals surface area contributed by atoms with Crippen molar-refractivity contribution in [3.05, 3.63) is 40.5 Å². The molecule has 0 radical (unpaired) electrons. The van der Waals surface area contributed by atoms with Gasteiger partial charge in [-0.05, 0) is 51.3 Å². The molecule has 2 rings (SSSR count). The summed E-state index contributed by atoms with van der Waals surface area (Å²) < 4.78 is 35.1. The Morgan fingerprint density at radius 1 is 0.731 bits per heavy atom. The molecule has 0 aliphatic heterocycles. The van der Waals surface area contributed by atoms with E-state index in [0.717, 1.165) is 22.1 Å². The Bertz CT molecular complexity index is 920. The number of benzene rings is 2. The van der Waals surface area contributed by atoms with Crippen molar-refractivity contribution in [3.63, 3.8) is 0 Å². The Kier molecular flexibility index (Phi) is 5.89. The molecule has 0 bridgehead atoms. The van der Waals surface area contributed by atoms with Crippen LogP contribution in [-0.4, -0.2) is 13.0 Å². The number of hydrogen-bond donors (Lipinski definition) is 1. The van der Waals surface area contributed by atoms with Crippen LogP contribution in [0, 0.1) is 0 Å². The van der Waals surface area contributed by atoms with E-state index in [-0.39, 0.29) is 28.6 Å². The molecule has 0 aliphatic rings. The van der Waals surface area contributed by atoms with E-state index in [9.17, 15) is 13.0 Å².